The third-order valence-corrected chi connectivity index (χ3v) is 5.36. The molecule has 0 fully saturated rings. The maximum atomic E-state index is 2.25. The van der Waals surface area contributed by atoms with Crippen LogP contribution in [0.1, 0.15) is 11.1 Å². The number of nitrogens with zero attached hydrogens (tertiary/aromatic N) is 2. The molecular formula is C18H24LuN2. The van der Waals surface area contributed by atoms with E-state index in [1.165, 1.54) is 22.5 Å². The van der Waals surface area contributed by atoms with Gasteiger partial charge in [0.05, 0.1) is 0 Å². The van der Waals surface area contributed by atoms with Crippen molar-refractivity contribution in [3.63, 3.8) is 0 Å². The van der Waals surface area contributed by atoms with Crippen LogP contribution >= 0.6 is 0 Å². The summed E-state index contributed by atoms with van der Waals surface area (Å²) in [6, 6.07) is 17.4. The van der Waals surface area contributed by atoms with Crippen molar-refractivity contribution in [3.05, 3.63) is 59.7 Å². The minimum atomic E-state index is 0.780. The van der Waals surface area contributed by atoms with Gasteiger partial charge >= 0.3 is 147 Å². The summed E-state index contributed by atoms with van der Waals surface area (Å²) in [5, 5.41) is 0. The molecule has 0 atom stereocenters. The molecule has 0 aromatic heterocycles. The van der Waals surface area contributed by atoms with Crippen molar-refractivity contribution >= 4 is 11.4 Å². The first-order valence-corrected chi connectivity index (χ1v) is 9.31. The Morgan fingerprint density at radius 2 is 1.05 bits per heavy atom. The second-order valence-electron chi connectivity index (χ2n) is 5.36. The molecule has 121 valence electrons. The first-order valence-electron chi connectivity index (χ1n) is 6.96. The standard InChI is InChI=1S/2C9H12N.Lu/c2*1-8-6-4-5-7-9(8)10(2)3;/h2*4-7H,1H2,2-3H3;. The quantitative estimate of drug-likeness (QED) is 0.674. The average Bonchev–Trinajstić information content (AvgIpc) is 2.48. The molecule has 0 bridgehead atoms. The van der Waals surface area contributed by atoms with Crippen LogP contribution in [0, 0.1) is 33.0 Å². The van der Waals surface area contributed by atoms with Gasteiger partial charge in [0, 0.05) is 0 Å². The molecule has 0 aliphatic carbocycles. The molecule has 0 heterocycles. The zero-order chi connectivity index (χ0) is 15.2. The number of hydrogen-bond acceptors (Lipinski definition) is 2. The summed E-state index contributed by atoms with van der Waals surface area (Å²) in [6.07, 6.45) is 0. The number of benzene rings is 2. The minimum absolute atomic E-state index is 0.780. The van der Waals surface area contributed by atoms with Crippen molar-refractivity contribution in [1.29, 1.82) is 0 Å². The van der Waals surface area contributed by atoms with Crippen LogP contribution in [0.4, 0.5) is 11.4 Å². The second kappa shape index (κ2) is 8.05. The van der Waals surface area contributed by atoms with E-state index in [2.05, 4.69) is 86.5 Å². The molecule has 0 saturated heterocycles. The summed E-state index contributed by atoms with van der Waals surface area (Å²) < 4.78 is 2.33. The third-order valence-electron chi connectivity index (χ3n) is 3.27. The molecule has 0 spiro atoms. The van der Waals surface area contributed by atoms with Crippen molar-refractivity contribution in [1.82, 2.24) is 0 Å². The van der Waals surface area contributed by atoms with E-state index in [1.54, 1.807) is 0 Å². The third kappa shape index (κ3) is 4.62. The van der Waals surface area contributed by atoms with Crippen molar-refractivity contribution in [2.24, 2.45) is 0 Å². The first kappa shape index (κ1) is 16.6. The molecule has 2 nitrogen and oxygen atoms in total. The van der Waals surface area contributed by atoms with Gasteiger partial charge in [0.2, 0.25) is 0 Å². The van der Waals surface area contributed by atoms with Crippen molar-refractivity contribution < 1.29 is 33.0 Å². The Kier molecular flexibility index (Phi) is 6.38. The van der Waals surface area contributed by atoms with E-state index in [9.17, 15) is 0 Å². The van der Waals surface area contributed by atoms with E-state index >= 15 is 0 Å². The van der Waals surface area contributed by atoms with Gasteiger partial charge in [-0.3, -0.25) is 0 Å². The number of anilines is 2. The zero-order valence-corrected chi connectivity index (χ0v) is 14.8. The molecule has 0 N–H and O–H groups in total. The molecule has 2 rings (SSSR count). The van der Waals surface area contributed by atoms with Crippen LogP contribution in [0.2, 0.25) is 0 Å². The van der Waals surface area contributed by atoms with E-state index in [-0.39, 0.29) is 0 Å². The maximum absolute atomic E-state index is 2.25. The van der Waals surface area contributed by atoms with Gasteiger partial charge in [-0.2, -0.15) is 0 Å². The summed E-state index contributed by atoms with van der Waals surface area (Å²) in [5.41, 5.74) is 5.59. The monoisotopic (exact) mass is 443 g/mol. The SMILES string of the molecule is CN(C)c1ccccc1[CH2][Lu][CH2]c1ccccc1N(C)C. The van der Waals surface area contributed by atoms with E-state index in [1.807, 2.05) is 0 Å². The predicted octanol–water partition coefficient (Wildman–Crippen LogP) is 3.60. The molecule has 0 aliphatic rings. The predicted molar refractivity (Wildman–Crippen MR) is 88.9 cm³/mol. The van der Waals surface area contributed by atoms with Crippen LogP contribution in [0.25, 0.3) is 0 Å². The number of hydrogen-bond donors (Lipinski definition) is 0. The Hall–Kier alpha value is -0.726. The van der Waals surface area contributed by atoms with E-state index < -0.39 is 0 Å². The van der Waals surface area contributed by atoms with Crippen LogP contribution in [0.15, 0.2) is 48.5 Å². The molecule has 3 heteroatoms. The Morgan fingerprint density at radius 3 is 1.43 bits per heavy atom. The normalized spacial score (nSPS) is 10.7. The van der Waals surface area contributed by atoms with Crippen molar-refractivity contribution in [2.75, 3.05) is 38.0 Å². The van der Waals surface area contributed by atoms with Gasteiger partial charge in [0.25, 0.3) is 0 Å². The fourth-order valence-electron chi connectivity index (χ4n) is 2.22. The van der Waals surface area contributed by atoms with Gasteiger partial charge in [0.15, 0.2) is 0 Å². The summed E-state index contributed by atoms with van der Waals surface area (Å²) in [4.78, 5) is 4.41. The van der Waals surface area contributed by atoms with Gasteiger partial charge in [-0.1, -0.05) is 0 Å². The van der Waals surface area contributed by atoms with Gasteiger partial charge in [-0.15, -0.1) is 0 Å². The average molecular weight is 443 g/mol. The topological polar surface area (TPSA) is 6.48 Å². The first-order chi connectivity index (χ1) is 10.1. The Morgan fingerprint density at radius 1 is 0.667 bits per heavy atom. The summed E-state index contributed by atoms with van der Waals surface area (Å²) >= 11 is 0.780. The Bertz CT molecular complexity index is 527. The van der Waals surface area contributed by atoms with Crippen LogP contribution in [0.5, 0.6) is 0 Å². The number of rotatable bonds is 6. The van der Waals surface area contributed by atoms with Crippen LogP contribution < -0.4 is 9.80 Å². The van der Waals surface area contributed by atoms with Gasteiger partial charge in [0.1, 0.15) is 0 Å². The summed E-state index contributed by atoms with van der Waals surface area (Å²) in [5.74, 6) is 0. The molecule has 0 amide bonds. The second-order valence-corrected chi connectivity index (χ2v) is 7.36. The molecule has 0 radical (unpaired) electrons. The van der Waals surface area contributed by atoms with Gasteiger partial charge < -0.3 is 0 Å². The molecule has 21 heavy (non-hydrogen) atoms. The van der Waals surface area contributed by atoms with E-state index in [4.69, 9.17) is 0 Å². The van der Waals surface area contributed by atoms with Crippen LogP contribution in [-0.2, 0) is 5.28 Å². The fraction of sp³-hybridized carbons (Fsp3) is 0.333. The molecule has 0 saturated carbocycles. The van der Waals surface area contributed by atoms with Gasteiger partial charge in [-0.05, 0) is 0 Å². The molecule has 2 aromatic carbocycles. The summed E-state index contributed by atoms with van der Waals surface area (Å²) in [7, 11) is 8.46. The Labute approximate surface area is 146 Å². The molecule has 0 unspecified atom stereocenters. The van der Waals surface area contributed by atoms with Crippen molar-refractivity contribution in [3.8, 4) is 0 Å². The van der Waals surface area contributed by atoms with E-state index in [0.717, 1.165) is 38.3 Å². The van der Waals surface area contributed by atoms with Crippen LogP contribution in [-0.4, -0.2) is 28.2 Å². The molecular weight excluding hydrogens is 419 g/mol. The summed E-state index contributed by atoms with van der Waals surface area (Å²) in [6.45, 7) is 0. The van der Waals surface area contributed by atoms with Crippen molar-refractivity contribution in [2.45, 2.75) is 5.28 Å². The Balaban J connectivity index is 2.03. The fourth-order valence-corrected chi connectivity index (χ4v) is 4.31. The van der Waals surface area contributed by atoms with Crippen LogP contribution in [0.3, 0.4) is 0 Å². The zero-order valence-electron chi connectivity index (χ0n) is 13.2. The number of para-hydroxylation sites is 2. The van der Waals surface area contributed by atoms with Gasteiger partial charge in [-0.25, -0.2) is 0 Å². The molecule has 0 aliphatic heterocycles. The molecule has 2 aromatic rings. The van der Waals surface area contributed by atoms with E-state index in [0.29, 0.717) is 0 Å².